The molecule has 1 unspecified atom stereocenters. The Morgan fingerprint density at radius 1 is 1.32 bits per heavy atom. The van der Waals surface area contributed by atoms with Gasteiger partial charge in [-0.2, -0.15) is 5.10 Å². The summed E-state index contributed by atoms with van der Waals surface area (Å²) >= 11 is 12.2. The Labute approximate surface area is 159 Å². The topological polar surface area (TPSA) is 68.2 Å². The third-order valence-corrected chi connectivity index (χ3v) is 4.79. The Kier molecular flexibility index (Phi) is 6.73. The summed E-state index contributed by atoms with van der Waals surface area (Å²) in [6.07, 6.45) is 1.79. The van der Waals surface area contributed by atoms with Crippen molar-refractivity contribution in [3.05, 3.63) is 50.8 Å². The van der Waals surface area contributed by atoms with Crippen molar-refractivity contribution in [1.29, 1.82) is 0 Å². The number of nitrogens with one attached hydrogen (secondary N) is 1. The second kappa shape index (κ2) is 8.59. The molecule has 7 heteroatoms. The van der Waals surface area contributed by atoms with Crippen LogP contribution in [0.15, 0.2) is 23.2 Å². The number of nitrogens with two attached hydrogens (primary N) is 1. The SMILES string of the molecule is CCc1nn(C)c(CC)c1CN=C(N)NC(C)c1ccc(Cl)cc1Cl. The van der Waals surface area contributed by atoms with E-state index in [1.807, 2.05) is 30.8 Å². The standard InChI is InChI=1S/C18H25Cl2N5/c1-5-16-14(17(6-2)25(4)24-16)10-22-18(21)23-11(3)13-8-7-12(19)9-15(13)20/h7-9,11H,5-6,10H2,1-4H3,(H3,21,22,23). The molecule has 136 valence electrons. The fourth-order valence-corrected chi connectivity index (χ4v) is 3.51. The summed E-state index contributed by atoms with van der Waals surface area (Å²) in [4.78, 5) is 4.50. The zero-order chi connectivity index (χ0) is 18.6. The molecule has 0 aliphatic heterocycles. The van der Waals surface area contributed by atoms with E-state index in [2.05, 4.69) is 29.3 Å². The van der Waals surface area contributed by atoms with Gasteiger partial charge in [-0.1, -0.05) is 43.1 Å². The van der Waals surface area contributed by atoms with Crippen molar-refractivity contribution in [1.82, 2.24) is 15.1 Å². The largest absolute Gasteiger partial charge is 0.370 e. The minimum atomic E-state index is -0.0706. The minimum absolute atomic E-state index is 0.0706. The van der Waals surface area contributed by atoms with Gasteiger partial charge in [0.2, 0.25) is 0 Å². The van der Waals surface area contributed by atoms with Gasteiger partial charge in [0.05, 0.1) is 18.3 Å². The molecule has 0 saturated heterocycles. The van der Waals surface area contributed by atoms with Crippen molar-refractivity contribution < 1.29 is 0 Å². The van der Waals surface area contributed by atoms with E-state index in [-0.39, 0.29) is 6.04 Å². The molecule has 0 spiro atoms. The number of guanidine groups is 1. The number of benzene rings is 1. The molecule has 0 bridgehead atoms. The van der Waals surface area contributed by atoms with Gasteiger partial charge in [-0.3, -0.25) is 4.68 Å². The van der Waals surface area contributed by atoms with Gasteiger partial charge < -0.3 is 11.1 Å². The fourth-order valence-electron chi connectivity index (χ4n) is 2.93. The minimum Gasteiger partial charge on any atom is -0.370 e. The molecule has 0 saturated carbocycles. The van der Waals surface area contributed by atoms with E-state index in [1.54, 1.807) is 6.07 Å². The lowest BCUT2D eigenvalue weighted by molar-refractivity contribution is 0.701. The van der Waals surface area contributed by atoms with Crippen molar-refractivity contribution in [2.45, 2.75) is 46.2 Å². The molecule has 1 atom stereocenters. The molecule has 0 aliphatic carbocycles. The van der Waals surface area contributed by atoms with Gasteiger partial charge in [0.25, 0.3) is 0 Å². The molecule has 2 rings (SSSR count). The summed E-state index contributed by atoms with van der Waals surface area (Å²) in [5.74, 6) is 0.381. The number of aryl methyl sites for hydroxylation is 2. The van der Waals surface area contributed by atoms with E-state index >= 15 is 0 Å². The van der Waals surface area contributed by atoms with Gasteiger partial charge >= 0.3 is 0 Å². The molecular formula is C18H25Cl2N5. The van der Waals surface area contributed by atoms with E-state index in [1.165, 1.54) is 5.69 Å². The molecule has 25 heavy (non-hydrogen) atoms. The molecule has 0 aliphatic rings. The van der Waals surface area contributed by atoms with E-state index in [4.69, 9.17) is 28.9 Å². The molecule has 5 nitrogen and oxygen atoms in total. The summed E-state index contributed by atoms with van der Waals surface area (Å²) in [6.45, 7) is 6.72. The van der Waals surface area contributed by atoms with Gasteiger partial charge in [0.1, 0.15) is 0 Å². The van der Waals surface area contributed by atoms with Crippen molar-refractivity contribution in [2.75, 3.05) is 0 Å². The van der Waals surface area contributed by atoms with Crippen molar-refractivity contribution >= 4 is 29.2 Å². The first-order valence-electron chi connectivity index (χ1n) is 8.42. The highest BCUT2D eigenvalue weighted by Crippen LogP contribution is 2.26. The van der Waals surface area contributed by atoms with Crippen LogP contribution in [0, 0.1) is 0 Å². The average molecular weight is 382 g/mol. The van der Waals surface area contributed by atoms with Crippen LogP contribution in [-0.4, -0.2) is 15.7 Å². The summed E-state index contributed by atoms with van der Waals surface area (Å²) in [5.41, 5.74) is 10.4. The van der Waals surface area contributed by atoms with Gasteiger partial charge in [0.15, 0.2) is 5.96 Å². The van der Waals surface area contributed by atoms with Crippen LogP contribution in [0.4, 0.5) is 0 Å². The monoisotopic (exact) mass is 381 g/mol. The molecule has 1 aromatic carbocycles. The Balaban J connectivity index is 2.12. The number of hydrogen-bond donors (Lipinski definition) is 2. The van der Waals surface area contributed by atoms with E-state index in [0.29, 0.717) is 22.5 Å². The summed E-state index contributed by atoms with van der Waals surface area (Å²) in [5, 5.41) is 8.96. The molecule has 1 aromatic heterocycles. The zero-order valence-corrected chi connectivity index (χ0v) is 16.6. The first-order chi connectivity index (χ1) is 11.9. The number of nitrogens with zero attached hydrogens (tertiary/aromatic N) is 3. The van der Waals surface area contributed by atoms with Gasteiger partial charge in [0, 0.05) is 28.4 Å². The predicted octanol–water partition coefficient (Wildman–Crippen LogP) is 4.02. The third-order valence-electron chi connectivity index (χ3n) is 4.23. The van der Waals surface area contributed by atoms with E-state index < -0.39 is 0 Å². The fraction of sp³-hybridized carbons (Fsp3) is 0.444. The van der Waals surface area contributed by atoms with Crippen LogP contribution < -0.4 is 11.1 Å². The third kappa shape index (κ3) is 4.67. The molecule has 2 aromatic rings. The van der Waals surface area contributed by atoms with Gasteiger partial charge in [-0.05, 0) is 37.5 Å². The van der Waals surface area contributed by atoms with E-state index in [9.17, 15) is 0 Å². The number of aliphatic imine (C=N–C) groups is 1. The van der Waals surface area contributed by atoms with Crippen molar-refractivity contribution in [3.63, 3.8) is 0 Å². The molecular weight excluding hydrogens is 357 g/mol. The van der Waals surface area contributed by atoms with Crippen molar-refractivity contribution in [2.24, 2.45) is 17.8 Å². The number of aromatic nitrogens is 2. The van der Waals surface area contributed by atoms with Crippen LogP contribution in [-0.2, 0) is 26.4 Å². The smallest absolute Gasteiger partial charge is 0.189 e. The molecule has 0 amide bonds. The lowest BCUT2D eigenvalue weighted by Gasteiger charge is -2.16. The quantitative estimate of drug-likeness (QED) is 0.586. The molecule has 0 fully saturated rings. The Bertz CT molecular complexity index is 767. The average Bonchev–Trinajstić information content (AvgIpc) is 2.87. The summed E-state index contributed by atoms with van der Waals surface area (Å²) in [7, 11) is 1.97. The normalized spacial score (nSPS) is 13.1. The van der Waals surface area contributed by atoms with Crippen LogP contribution in [0.25, 0.3) is 0 Å². The Hall–Kier alpha value is -1.72. The maximum atomic E-state index is 6.25. The maximum Gasteiger partial charge on any atom is 0.189 e. The van der Waals surface area contributed by atoms with Gasteiger partial charge in [-0.25, -0.2) is 4.99 Å². The van der Waals surface area contributed by atoms with Crippen LogP contribution in [0.2, 0.25) is 10.0 Å². The first kappa shape index (κ1) is 19.6. The summed E-state index contributed by atoms with van der Waals surface area (Å²) in [6, 6.07) is 5.35. The second-order valence-electron chi connectivity index (χ2n) is 5.94. The van der Waals surface area contributed by atoms with Gasteiger partial charge in [-0.15, -0.1) is 0 Å². The highest BCUT2D eigenvalue weighted by molar-refractivity contribution is 6.35. The maximum absolute atomic E-state index is 6.25. The summed E-state index contributed by atoms with van der Waals surface area (Å²) < 4.78 is 1.93. The highest BCUT2D eigenvalue weighted by atomic mass is 35.5. The lowest BCUT2D eigenvalue weighted by atomic mass is 10.1. The van der Waals surface area contributed by atoms with Crippen LogP contribution in [0.5, 0.6) is 0 Å². The van der Waals surface area contributed by atoms with Crippen molar-refractivity contribution in [3.8, 4) is 0 Å². The first-order valence-corrected chi connectivity index (χ1v) is 9.17. The van der Waals surface area contributed by atoms with E-state index in [0.717, 1.165) is 29.7 Å². The molecule has 0 radical (unpaired) electrons. The number of hydrogen-bond acceptors (Lipinski definition) is 2. The van der Waals surface area contributed by atoms with Crippen LogP contribution in [0.1, 0.15) is 49.3 Å². The number of rotatable bonds is 6. The lowest BCUT2D eigenvalue weighted by Crippen LogP contribution is -2.34. The Morgan fingerprint density at radius 3 is 2.64 bits per heavy atom. The predicted molar refractivity (Wildman–Crippen MR) is 105 cm³/mol. The Morgan fingerprint density at radius 2 is 2.04 bits per heavy atom. The van der Waals surface area contributed by atoms with Crippen LogP contribution >= 0.6 is 23.2 Å². The molecule has 1 heterocycles. The second-order valence-corrected chi connectivity index (χ2v) is 6.78. The highest BCUT2D eigenvalue weighted by Gasteiger charge is 2.14. The van der Waals surface area contributed by atoms with Crippen LogP contribution in [0.3, 0.4) is 0 Å². The molecule has 3 N–H and O–H groups in total. The zero-order valence-electron chi connectivity index (χ0n) is 15.1. The number of halogens is 2.